The molecule has 1 nitrogen and oxygen atoms in total. The van der Waals surface area contributed by atoms with Crippen LogP contribution in [0, 0.1) is 0 Å². The largest absolute Gasteiger partial charge is 0.298 e. The van der Waals surface area contributed by atoms with E-state index in [4.69, 9.17) is 23.2 Å². The molecular weight excluding hydrogens is 251 g/mol. The molecule has 0 saturated carbocycles. The second kappa shape index (κ2) is 3.57. The van der Waals surface area contributed by atoms with E-state index < -0.39 is 0 Å². The Kier molecular flexibility index (Phi) is 2.93. The van der Waals surface area contributed by atoms with Gasteiger partial charge in [-0.1, -0.05) is 39.1 Å². The van der Waals surface area contributed by atoms with Crippen molar-refractivity contribution in [3.8, 4) is 0 Å². The molecule has 58 valence electrons. The maximum atomic E-state index is 10.4. The number of hydrogen-bond acceptors (Lipinski definition) is 1. The standard InChI is InChI=1S/C7H3BrCl2O/c8-5-2-7(10)6(9)1-4(5)3-11/h1-3H. The molecule has 11 heavy (non-hydrogen) atoms. The van der Waals surface area contributed by atoms with Gasteiger partial charge in [0.2, 0.25) is 0 Å². The van der Waals surface area contributed by atoms with E-state index >= 15 is 0 Å². The van der Waals surface area contributed by atoms with Crippen LogP contribution < -0.4 is 0 Å². The lowest BCUT2D eigenvalue weighted by Crippen LogP contribution is -1.82. The minimum Gasteiger partial charge on any atom is -0.298 e. The lowest BCUT2D eigenvalue weighted by atomic mass is 10.2. The van der Waals surface area contributed by atoms with Crippen molar-refractivity contribution in [2.24, 2.45) is 0 Å². The van der Waals surface area contributed by atoms with Gasteiger partial charge in [0.05, 0.1) is 10.0 Å². The fourth-order valence-corrected chi connectivity index (χ4v) is 1.53. The maximum Gasteiger partial charge on any atom is 0.151 e. The van der Waals surface area contributed by atoms with E-state index in [2.05, 4.69) is 15.9 Å². The molecule has 1 aromatic rings. The summed E-state index contributed by atoms with van der Waals surface area (Å²) in [6, 6.07) is 3.11. The zero-order chi connectivity index (χ0) is 8.43. The molecule has 1 aromatic carbocycles. The summed E-state index contributed by atoms with van der Waals surface area (Å²) in [6.45, 7) is 0. The van der Waals surface area contributed by atoms with E-state index in [0.29, 0.717) is 26.4 Å². The van der Waals surface area contributed by atoms with Crippen molar-refractivity contribution < 1.29 is 4.79 Å². The Labute approximate surface area is 82.4 Å². The molecule has 0 N–H and O–H groups in total. The van der Waals surface area contributed by atoms with Crippen molar-refractivity contribution in [1.82, 2.24) is 0 Å². The number of rotatable bonds is 1. The average molecular weight is 254 g/mol. The van der Waals surface area contributed by atoms with Crippen LogP contribution in [0.15, 0.2) is 16.6 Å². The minimum atomic E-state index is 0.386. The van der Waals surface area contributed by atoms with Crippen LogP contribution in [0.5, 0.6) is 0 Å². The van der Waals surface area contributed by atoms with Crippen LogP contribution in [0.3, 0.4) is 0 Å². The van der Waals surface area contributed by atoms with Gasteiger partial charge in [-0.05, 0) is 12.1 Å². The fourth-order valence-electron chi connectivity index (χ4n) is 0.628. The van der Waals surface area contributed by atoms with Crippen molar-refractivity contribution in [2.75, 3.05) is 0 Å². The van der Waals surface area contributed by atoms with Crippen LogP contribution >= 0.6 is 39.1 Å². The molecule has 0 bridgehead atoms. The Morgan fingerprint density at radius 3 is 2.36 bits per heavy atom. The first-order valence-electron chi connectivity index (χ1n) is 2.75. The molecule has 0 fully saturated rings. The van der Waals surface area contributed by atoms with Crippen LogP contribution in [-0.4, -0.2) is 6.29 Å². The van der Waals surface area contributed by atoms with Gasteiger partial charge < -0.3 is 0 Å². The number of carbonyl (C=O) groups excluding carboxylic acids is 1. The van der Waals surface area contributed by atoms with Crippen molar-refractivity contribution in [1.29, 1.82) is 0 Å². The summed E-state index contributed by atoms with van der Waals surface area (Å²) in [5, 5.41) is 0.820. The highest BCUT2D eigenvalue weighted by Gasteiger charge is 2.03. The molecule has 0 amide bonds. The highest BCUT2D eigenvalue weighted by atomic mass is 79.9. The van der Waals surface area contributed by atoms with Gasteiger partial charge in [0.1, 0.15) is 0 Å². The van der Waals surface area contributed by atoms with E-state index in [1.54, 1.807) is 6.07 Å². The van der Waals surface area contributed by atoms with Crippen molar-refractivity contribution in [2.45, 2.75) is 0 Å². The van der Waals surface area contributed by atoms with E-state index in [0.717, 1.165) is 0 Å². The normalized spacial score (nSPS) is 9.73. The van der Waals surface area contributed by atoms with Crippen molar-refractivity contribution in [3.05, 3.63) is 32.2 Å². The average Bonchev–Trinajstić information content (AvgIpc) is 1.97. The van der Waals surface area contributed by atoms with Gasteiger partial charge in [-0.15, -0.1) is 0 Å². The molecule has 0 aliphatic rings. The summed E-state index contributed by atoms with van der Waals surface area (Å²) in [6.07, 6.45) is 0.715. The molecule has 0 aliphatic carbocycles. The number of benzene rings is 1. The molecule has 4 heteroatoms. The second-order valence-electron chi connectivity index (χ2n) is 1.91. The van der Waals surface area contributed by atoms with Gasteiger partial charge in [0, 0.05) is 10.0 Å². The predicted octanol–water partition coefficient (Wildman–Crippen LogP) is 3.57. The van der Waals surface area contributed by atoms with Gasteiger partial charge in [-0.25, -0.2) is 0 Å². The summed E-state index contributed by atoms with van der Waals surface area (Å²) in [5.41, 5.74) is 0.499. The second-order valence-corrected chi connectivity index (χ2v) is 3.57. The number of aldehydes is 1. The molecular formula is C7H3BrCl2O. The number of hydrogen-bond donors (Lipinski definition) is 0. The van der Waals surface area contributed by atoms with E-state index in [1.807, 2.05) is 0 Å². The summed E-state index contributed by atoms with van der Waals surface area (Å²) in [7, 11) is 0. The molecule has 0 saturated heterocycles. The Balaban J connectivity index is 3.31. The van der Waals surface area contributed by atoms with Crippen LogP contribution in [0.1, 0.15) is 10.4 Å². The lowest BCUT2D eigenvalue weighted by molar-refractivity contribution is 0.112. The molecule has 0 spiro atoms. The quantitative estimate of drug-likeness (QED) is 0.553. The first kappa shape index (κ1) is 9.04. The van der Waals surface area contributed by atoms with Crippen LogP contribution in [0.25, 0.3) is 0 Å². The predicted molar refractivity (Wildman–Crippen MR) is 49.5 cm³/mol. The Hall–Kier alpha value is -0.0500. The van der Waals surface area contributed by atoms with Gasteiger partial charge in [-0.3, -0.25) is 4.79 Å². The topological polar surface area (TPSA) is 17.1 Å². The third-order valence-electron chi connectivity index (χ3n) is 1.17. The van der Waals surface area contributed by atoms with E-state index in [9.17, 15) is 4.79 Å². The first-order chi connectivity index (χ1) is 5.15. The van der Waals surface area contributed by atoms with Crippen molar-refractivity contribution >= 4 is 45.4 Å². The summed E-state index contributed by atoms with van der Waals surface area (Å²) in [4.78, 5) is 10.4. The molecule has 1 rings (SSSR count). The Morgan fingerprint density at radius 2 is 1.82 bits per heavy atom. The monoisotopic (exact) mass is 252 g/mol. The Morgan fingerprint density at radius 1 is 1.27 bits per heavy atom. The zero-order valence-corrected chi connectivity index (χ0v) is 8.37. The third kappa shape index (κ3) is 1.95. The number of carbonyl (C=O) groups is 1. The van der Waals surface area contributed by atoms with Crippen LogP contribution in [-0.2, 0) is 0 Å². The van der Waals surface area contributed by atoms with Crippen LogP contribution in [0.2, 0.25) is 10.0 Å². The zero-order valence-electron chi connectivity index (χ0n) is 5.27. The highest BCUT2D eigenvalue weighted by Crippen LogP contribution is 2.27. The summed E-state index contributed by atoms with van der Waals surface area (Å²) < 4.78 is 0.655. The molecule has 0 radical (unpaired) electrons. The third-order valence-corrected chi connectivity index (χ3v) is 2.58. The first-order valence-corrected chi connectivity index (χ1v) is 4.29. The lowest BCUT2D eigenvalue weighted by Gasteiger charge is -1.98. The SMILES string of the molecule is O=Cc1cc(Cl)c(Cl)cc1Br. The molecule has 0 aromatic heterocycles. The van der Waals surface area contributed by atoms with Gasteiger partial charge in [-0.2, -0.15) is 0 Å². The summed E-state index contributed by atoms with van der Waals surface area (Å²) in [5.74, 6) is 0. The molecule has 0 unspecified atom stereocenters. The minimum absolute atomic E-state index is 0.386. The number of halogens is 3. The smallest absolute Gasteiger partial charge is 0.151 e. The molecule has 0 aliphatic heterocycles. The summed E-state index contributed by atoms with van der Waals surface area (Å²) >= 11 is 14.5. The van der Waals surface area contributed by atoms with Gasteiger partial charge in [0.15, 0.2) is 6.29 Å². The highest BCUT2D eigenvalue weighted by molar-refractivity contribution is 9.10. The van der Waals surface area contributed by atoms with Crippen molar-refractivity contribution in [3.63, 3.8) is 0 Å². The van der Waals surface area contributed by atoms with Crippen LogP contribution in [0.4, 0.5) is 0 Å². The Bertz CT molecular complexity index is 299. The maximum absolute atomic E-state index is 10.4. The van der Waals surface area contributed by atoms with E-state index in [1.165, 1.54) is 6.07 Å². The molecule has 0 atom stereocenters. The van der Waals surface area contributed by atoms with Gasteiger partial charge >= 0.3 is 0 Å². The fraction of sp³-hybridized carbons (Fsp3) is 0. The van der Waals surface area contributed by atoms with E-state index in [-0.39, 0.29) is 0 Å². The molecule has 0 heterocycles. The van der Waals surface area contributed by atoms with Gasteiger partial charge in [0.25, 0.3) is 0 Å².